The van der Waals surface area contributed by atoms with Crippen molar-refractivity contribution < 1.29 is 0 Å². The van der Waals surface area contributed by atoms with E-state index in [2.05, 4.69) is 27.8 Å². The molecule has 0 bridgehead atoms. The van der Waals surface area contributed by atoms with Crippen LogP contribution < -0.4 is 16.2 Å². The van der Waals surface area contributed by atoms with E-state index in [4.69, 9.17) is 16.6 Å². The van der Waals surface area contributed by atoms with Crippen molar-refractivity contribution in [1.82, 2.24) is 9.55 Å². The number of benzene rings is 1. The highest BCUT2D eigenvalue weighted by atomic mass is 35.5. The van der Waals surface area contributed by atoms with E-state index in [9.17, 15) is 4.79 Å². The van der Waals surface area contributed by atoms with Gasteiger partial charge in [-0.1, -0.05) is 35.9 Å². The summed E-state index contributed by atoms with van der Waals surface area (Å²) in [7, 11) is 0. The van der Waals surface area contributed by atoms with Crippen molar-refractivity contribution in [3.63, 3.8) is 0 Å². The first kappa shape index (κ1) is 16.8. The Kier molecular flexibility index (Phi) is 4.51. The zero-order valence-electron chi connectivity index (χ0n) is 14.4. The number of hydrogen-bond donors (Lipinski definition) is 2. The predicted octanol–water partition coefficient (Wildman–Crippen LogP) is 3.95. The lowest BCUT2D eigenvalue weighted by atomic mass is 9.91. The molecule has 0 saturated heterocycles. The van der Waals surface area contributed by atoms with Crippen molar-refractivity contribution in [3.05, 3.63) is 63.6 Å². The molecule has 134 valence electrons. The minimum Gasteiger partial charge on any atom is -0.325 e. The molecule has 1 aromatic heterocycles. The van der Waals surface area contributed by atoms with Crippen LogP contribution in [0, 0.1) is 12.8 Å². The topological polar surface area (TPSA) is 71.3 Å². The Bertz CT molecular complexity index is 949. The maximum Gasteiger partial charge on any atom is 0.256 e. The van der Waals surface area contributed by atoms with Crippen LogP contribution >= 0.6 is 11.6 Å². The molecule has 26 heavy (non-hydrogen) atoms. The minimum absolute atomic E-state index is 0.0832. The van der Waals surface area contributed by atoms with Crippen LogP contribution in [0.4, 0.5) is 11.6 Å². The Balaban J connectivity index is 1.74. The number of fused-ring (bicyclic) bond motifs is 1. The summed E-state index contributed by atoms with van der Waals surface area (Å²) in [6, 6.07) is 9.04. The van der Waals surface area contributed by atoms with Gasteiger partial charge in [-0.25, -0.2) is 9.98 Å². The molecule has 4 rings (SSSR count). The standard InChI is InChI=1S/C19H20ClN5O/c1-12-11-16(26)25-17(13-7-3-2-4-8-13)23-18(24-19(25)21-12)22-15-10-6-5-9-14(15)20/h2-3,5-6,9-11,13,17H,4,7-8H2,1H3,(H2,21,22,23,24)/t13-,17-/m0/s1. The second kappa shape index (κ2) is 6.96. The van der Waals surface area contributed by atoms with E-state index < -0.39 is 0 Å². The van der Waals surface area contributed by atoms with Crippen molar-refractivity contribution in [1.29, 1.82) is 0 Å². The zero-order chi connectivity index (χ0) is 18.1. The fourth-order valence-corrected chi connectivity index (χ4v) is 3.62. The molecule has 0 unspecified atom stereocenters. The molecule has 0 spiro atoms. The summed E-state index contributed by atoms with van der Waals surface area (Å²) < 4.78 is 1.66. The summed E-state index contributed by atoms with van der Waals surface area (Å²) in [6.45, 7) is 1.81. The maximum absolute atomic E-state index is 12.6. The Morgan fingerprint density at radius 1 is 1.31 bits per heavy atom. The van der Waals surface area contributed by atoms with Crippen LogP contribution in [-0.4, -0.2) is 15.5 Å². The molecule has 2 aromatic rings. The summed E-state index contributed by atoms with van der Waals surface area (Å²) in [5.74, 6) is 1.32. The number of nitrogens with zero attached hydrogens (tertiary/aromatic N) is 3. The minimum atomic E-state index is -0.290. The van der Waals surface area contributed by atoms with E-state index >= 15 is 0 Å². The lowest BCUT2D eigenvalue weighted by Crippen LogP contribution is -2.40. The van der Waals surface area contributed by atoms with Gasteiger partial charge in [0.25, 0.3) is 5.56 Å². The van der Waals surface area contributed by atoms with Gasteiger partial charge in [0.05, 0.1) is 10.7 Å². The number of aromatic nitrogens is 2. The van der Waals surface area contributed by atoms with Crippen LogP contribution in [0.2, 0.25) is 5.02 Å². The molecule has 0 radical (unpaired) electrons. The molecular formula is C19H20ClN5O. The molecule has 7 heteroatoms. The molecule has 0 fully saturated rings. The first-order valence-corrected chi connectivity index (χ1v) is 9.11. The third-order valence-corrected chi connectivity index (χ3v) is 5.02. The molecule has 2 heterocycles. The Labute approximate surface area is 156 Å². The molecule has 2 aliphatic rings. The van der Waals surface area contributed by atoms with Gasteiger partial charge in [-0.3, -0.25) is 14.7 Å². The summed E-state index contributed by atoms with van der Waals surface area (Å²) in [6.07, 6.45) is 6.94. The smallest absolute Gasteiger partial charge is 0.256 e. The van der Waals surface area contributed by atoms with Gasteiger partial charge >= 0.3 is 0 Å². The monoisotopic (exact) mass is 369 g/mol. The first-order chi connectivity index (χ1) is 12.6. The molecule has 0 amide bonds. The summed E-state index contributed by atoms with van der Waals surface area (Å²) >= 11 is 6.25. The number of nitrogens with one attached hydrogen (secondary N) is 2. The van der Waals surface area contributed by atoms with E-state index in [1.165, 1.54) is 0 Å². The van der Waals surface area contributed by atoms with Gasteiger partial charge in [0.2, 0.25) is 11.9 Å². The molecule has 6 nitrogen and oxygen atoms in total. The quantitative estimate of drug-likeness (QED) is 0.786. The molecule has 1 aliphatic heterocycles. The van der Waals surface area contributed by atoms with Crippen molar-refractivity contribution in [3.8, 4) is 0 Å². The molecule has 2 atom stereocenters. The van der Waals surface area contributed by atoms with Gasteiger partial charge in [-0.2, -0.15) is 0 Å². The first-order valence-electron chi connectivity index (χ1n) is 8.73. The van der Waals surface area contributed by atoms with Gasteiger partial charge < -0.3 is 5.32 Å². The number of allylic oxidation sites excluding steroid dienone is 2. The molecule has 2 N–H and O–H groups in total. The van der Waals surface area contributed by atoms with Crippen molar-refractivity contribution in [2.45, 2.75) is 32.4 Å². The average Bonchev–Trinajstić information content (AvgIpc) is 2.63. The van der Waals surface area contributed by atoms with Crippen LogP contribution in [0.1, 0.15) is 31.1 Å². The van der Waals surface area contributed by atoms with E-state index in [0.29, 0.717) is 22.6 Å². The third-order valence-electron chi connectivity index (χ3n) is 4.69. The number of rotatable bonds is 2. The van der Waals surface area contributed by atoms with E-state index in [1.54, 1.807) is 10.6 Å². The van der Waals surface area contributed by atoms with E-state index in [-0.39, 0.29) is 17.6 Å². The maximum atomic E-state index is 12.6. The number of para-hydroxylation sites is 1. The summed E-state index contributed by atoms with van der Waals surface area (Å²) in [5, 5.41) is 6.97. The van der Waals surface area contributed by atoms with Gasteiger partial charge in [0.1, 0.15) is 6.17 Å². The van der Waals surface area contributed by atoms with Gasteiger partial charge in [0, 0.05) is 17.7 Å². The number of anilines is 2. The van der Waals surface area contributed by atoms with Gasteiger partial charge in [-0.05, 0) is 38.3 Å². The van der Waals surface area contributed by atoms with Crippen LogP contribution in [-0.2, 0) is 0 Å². The molecule has 0 saturated carbocycles. The van der Waals surface area contributed by atoms with Crippen LogP contribution in [0.5, 0.6) is 0 Å². The van der Waals surface area contributed by atoms with Gasteiger partial charge in [0.15, 0.2) is 0 Å². The van der Waals surface area contributed by atoms with Gasteiger partial charge in [-0.15, -0.1) is 0 Å². The molecular weight excluding hydrogens is 350 g/mol. The normalized spacial score (nSPS) is 21.5. The fraction of sp³-hybridized carbons (Fsp3) is 0.316. The Morgan fingerprint density at radius 2 is 2.15 bits per heavy atom. The van der Waals surface area contributed by atoms with Crippen molar-refractivity contribution >= 4 is 29.2 Å². The summed E-state index contributed by atoms with van der Waals surface area (Å²) in [4.78, 5) is 21.9. The highest BCUT2D eigenvalue weighted by Gasteiger charge is 2.30. The number of aryl methyl sites for hydroxylation is 1. The summed E-state index contributed by atoms with van der Waals surface area (Å²) in [5.41, 5.74) is 1.35. The largest absolute Gasteiger partial charge is 0.325 e. The fourth-order valence-electron chi connectivity index (χ4n) is 3.44. The predicted molar refractivity (Wildman–Crippen MR) is 105 cm³/mol. The van der Waals surface area contributed by atoms with E-state index in [0.717, 1.165) is 24.9 Å². The van der Waals surface area contributed by atoms with Crippen LogP contribution in [0.15, 0.2) is 52.3 Å². The average molecular weight is 370 g/mol. The highest BCUT2D eigenvalue weighted by Crippen LogP contribution is 2.34. The number of hydrogen-bond acceptors (Lipinski definition) is 5. The van der Waals surface area contributed by atoms with Crippen molar-refractivity contribution in [2.24, 2.45) is 10.9 Å². The van der Waals surface area contributed by atoms with Crippen molar-refractivity contribution in [2.75, 3.05) is 10.6 Å². The second-order valence-corrected chi connectivity index (χ2v) is 7.00. The Morgan fingerprint density at radius 3 is 2.92 bits per heavy atom. The number of halogens is 1. The van der Waals surface area contributed by atoms with E-state index in [1.807, 2.05) is 31.2 Å². The highest BCUT2D eigenvalue weighted by molar-refractivity contribution is 6.33. The number of guanidine groups is 1. The molecule has 1 aliphatic carbocycles. The van der Waals surface area contributed by atoms with Crippen LogP contribution in [0.25, 0.3) is 0 Å². The van der Waals surface area contributed by atoms with Crippen LogP contribution in [0.3, 0.4) is 0 Å². The number of aliphatic imine (C=N–C) groups is 1. The third kappa shape index (κ3) is 3.24. The lowest BCUT2D eigenvalue weighted by molar-refractivity contribution is 0.308. The molecule has 1 aromatic carbocycles. The SMILES string of the molecule is Cc1cc(=O)n2c(n1)NC(Nc1ccccc1Cl)=N[C@@H]2[C@H]1CC=CCC1. The zero-order valence-corrected chi connectivity index (χ0v) is 15.2. The lowest BCUT2D eigenvalue weighted by Gasteiger charge is -2.32. The Hall–Kier alpha value is -2.60. The second-order valence-electron chi connectivity index (χ2n) is 6.60.